The zero-order valence-corrected chi connectivity index (χ0v) is 13.4. The van der Waals surface area contributed by atoms with Gasteiger partial charge in [-0.3, -0.25) is 9.89 Å². The van der Waals surface area contributed by atoms with E-state index in [9.17, 15) is 9.18 Å². The van der Waals surface area contributed by atoms with Gasteiger partial charge in [0.2, 0.25) is 0 Å². The zero-order chi connectivity index (χ0) is 16.6. The normalized spacial score (nSPS) is 11.1. The molecule has 0 bridgehead atoms. The van der Waals surface area contributed by atoms with E-state index in [1.807, 2.05) is 18.9 Å². The molecule has 0 aliphatic heterocycles. The van der Waals surface area contributed by atoms with Crippen LogP contribution in [0, 0.1) is 5.82 Å². The molecule has 1 aromatic carbocycles. The second-order valence-electron chi connectivity index (χ2n) is 5.18. The van der Waals surface area contributed by atoms with E-state index in [0.717, 1.165) is 5.56 Å². The van der Waals surface area contributed by atoms with Crippen LogP contribution in [0.25, 0.3) is 5.78 Å². The summed E-state index contributed by atoms with van der Waals surface area (Å²) in [6.45, 7) is 2.65. The van der Waals surface area contributed by atoms with E-state index in [-0.39, 0.29) is 10.6 Å². The number of aromatic nitrogens is 4. The van der Waals surface area contributed by atoms with Crippen molar-refractivity contribution in [1.29, 1.82) is 0 Å². The summed E-state index contributed by atoms with van der Waals surface area (Å²) in [5.41, 5.74) is 1.00. The van der Waals surface area contributed by atoms with Crippen molar-refractivity contribution in [3.05, 3.63) is 56.8 Å². The van der Waals surface area contributed by atoms with Gasteiger partial charge < -0.3 is 4.90 Å². The number of nitrogens with one attached hydrogen (secondary N) is 1. The molecule has 0 fully saturated rings. The molecule has 0 aliphatic rings. The van der Waals surface area contributed by atoms with Gasteiger partial charge in [-0.25, -0.2) is 9.37 Å². The van der Waals surface area contributed by atoms with Crippen molar-refractivity contribution >= 4 is 23.2 Å². The molecular formula is C15H15ClFN5O. The maximum absolute atomic E-state index is 13.3. The quantitative estimate of drug-likeness (QED) is 0.794. The van der Waals surface area contributed by atoms with Crippen LogP contribution in [0.1, 0.15) is 18.1 Å². The number of benzene rings is 1. The molecule has 8 heteroatoms. The summed E-state index contributed by atoms with van der Waals surface area (Å²) in [5.74, 6) is 0.386. The summed E-state index contributed by atoms with van der Waals surface area (Å²) in [6, 6.07) is 4.42. The second-order valence-corrected chi connectivity index (χ2v) is 5.59. The lowest BCUT2D eigenvalue weighted by molar-refractivity contribution is 0.627. The Morgan fingerprint density at radius 1 is 1.43 bits per heavy atom. The van der Waals surface area contributed by atoms with Gasteiger partial charge in [0, 0.05) is 20.0 Å². The minimum Gasteiger partial charge on any atom is -0.359 e. The minimum atomic E-state index is -0.486. The smallest absolute Gasteiger partial charge is 0.279 e. The monoisotopic (exact) mass is 335 g/mol. The van der Waals surface area contributed by atoms with E-state index in [0.29, 0.717) is 30.1 Å². The van der Waals surface area contributed by atoms with Gasteiger partial charge >= 0.3 is 0 Å². The fourth-order valence-corrected chi connectivity index (χ4v) is 2.56. The molecule has 0 radical (unpaired) electrons. The van der Waals surface area contributed by atoms with Crippen LogP contribution in [0.2, 0.25) is 5.02 Å². The van der Waals surface area contributed by atoms with E-state index >= 15 is 0 Å². The molecule has 1 N–H and O–H groups in total. The van der Waals surface area contributed by atoms with Crippen molar-refractivity contribution in [3.8, 4) is 0 Å². The third-order valence-electron chi connectivity index (χ3n) is 3.70. The maximum atomic E-state index is 13.3. The Hall–Kier alpha value is -2.41. The number of H-pyrrole nitrogens is 1. The van der Waals surface area contributed by atoms with Crippen LogP contribution in [-0.4, -0.2) is 33.2 Å². The highest BCUT2D eigenvalue weighted by molar-refractivity contribution is 6.30. The Labute approximate surface area is 136 Å². The highest BCUT2D eigenvalue weighted by atomic mass is 35.5. The predicted molar refractivity (Wildman–Crippen MR) is 86.8 cm³/mol. The Kier molecular flexibility index (Phi) is 4.04. The van der Waals surface area contributed by atoms with Crippen LogP contribution in [0.15, 0.2) is 29.3 Å². The average Bonchev–Trinajstić information content (AvgIpc) is 3.01. The fraction of sp³-hybridized carbons (Fsp3) is 0.267. The SMILES string of the molecule is CCN(C)c1nc2nc[nH]n2c(=O)c1Cc1ccc(F)c(Cl)c1. The van der Waals surface area contributed by atoms with Crippen molar-refractivity contribution in [2.75, 3.05) is 18.5 Å². The van der Waals surface area contributed by atoms with Crippen LogP contribution < -0.4 is 10.5 Å². The van der Waals surface area contributed by atoms with Crippen molar-refractivity contribution in [2.45, 2.75) is 13.3 Å². The first-order chi connectivity index (χ1) is 11.0. The largest absolute Gasteiger partial charge is 0.359 e. The van der Waals surface area contributed by atoms with Crippen molar-refractivity contribution in [2.24, 2.45) is 0 Å². The van der Waals surface area contributed by atoms with E-state index < -0.39 is 5.82 Å². The summed E-state index contributed by atoms with van der Waals surface area (Å²) >= 11 is 5.83. The Balaban J connectivity index is 2.15. The Morgan fingerprint density at radius 3 is 2.91 bits per heavy atom. The zero-order valence-electron chi connectivity index (χ0n) is 12.7. The van der Waals surface area contributed by atoms with E-state index in [1.165, 1.54) is 23.0 Å². The van der Waals surface area contributed by atoms with E-state index in [4.69, 9.17) is 11.6 Å². The molecule has 2 aromatic heterocycles. The van der Waals surface area contributed by atoms with Gasteiger partial charge in [0.05, 0.1) is 10.6 Å². The van der Waals surface area contributed by atoms with Crippen LogP contribution in [0.5, 0.6) is 0 Å². The maximum Gasteiger partial charge on any atom is 0.279 e. The Bertz CT molecular complexity index is 920. The number of nitrogens with zero attached hydrogens (tertiary/aromatic N) is 4. The number of halogens is 2. The molecule has 2 heterocycles. The topological polar surface area (TPSA) is 66.3 Å². The summed E-state index contributed by atoms with van der Waals surface area (Å²) in [6.07, 6.45) is 1.71. The van der Waals surface area contributed by atoms with E-state index in [2.05, 4.69) is 15.1 Å². The van der Waals surface area contributed by atoms with Gasteiger partial charge in [-0.05, 0) is 24.6 Å². The fourth-order valence-electron chi connectivity index (χ4n) is 2.35. The van der Waals surface area contributed by atoms with Crippen LogP contribution in [-0.2, 0) is 6.42 Å². The molecule has 3 rings (SSSR count). The second kappa shape index (κ2) is 6.00. The van der Waals surface area contributed by atoms with Crippen LogP contribution in [0.4, 0.5) is 10.2 Å². The van der Waals surface area contributed by atoms with Gasteiger partial charge in [0.25, 0.3) is 11.3 Å². The summed E-state index contributed by atoms with van der Waals surface area (Å²) in [5, 5.41) is 2.78. The lowest BCUT2D eigenvalue weighted by Crippen LogP contribution is -2.28. The molecule has 120 valence electrons. The predicted octanol–water partition coefficient (Wildman–Crippen LogP) is 2.26. The first kappa shape index (κ1) is 15.5. The highest BCUT2D eigenvalue weighted by Crippen LogP contribution is 2.21. The molecule has 0 aliphatic carbocycles. The first-order valence-corrected chi connectivity index (χ1v) is 7.49. The van der Waals surface area contributed by atoms with Crippen LogP contribution >= 0.6 is 11.6 Å². The molecule has 0 unspecified atom stereocenters. The standard InChI is InChI=1S/C15H15ClFN5O/c1-3-21(2)13-10(6-9-4-5-12(17)11(16)7-9)14(23)22-15(20-13)18-8-19-22/h4-5,7-8H,3,6H2,1-2H3,(H,18,19,20). The minimum absolute atomic E-state index is 0.0311. The number of fused-ring (bicyclic) bond motifs is 1. The molecular weight excluding hydrogens is 321 g/mol. The first-order valence-electron chi connectivity index (χ1n) is 7.11. The Morgan fingerprint density at radius 2 is 2.22 bits per heavy atom. The van der Waals surface area contributed by atoms with Gasteiger partial charge in [-0.1, -0.05) is 17.7 Å². The van der Waals surface area contributed by atoms with Crippen molar-refractivity contribution in [1.82, 2.24) is 19.6 Å². The van der Waals surface area contributed by atoms with E-state index in [1.54, 1.807) is 6.07 Å². The molecule has 0 saturated carbocycles. The molecule has 3 aromatic rings. The van der Waals surface area contributed by atoms with Crippen LogP contribution in [0.3, 0.4) is 0 Å². The summed E-state index contributed by atoms with van der Waals surface area (Å²) in [7, 11) is 1.85. The number of hydrogen-bond acceptors (Lipinski definition) is 4. The molecule has 0 amide bonds. The molecule has 23 heavy (non-hydrogen) atoms. The molecule has 0 atom stereocenters. The average molecular weight is 336 g/mol. The summed E-state index contributed by atoms with van der Waals surface area (Å²) in [4.78, 5) is 23.0. The van der Waals surface area contributed by atoms with Gasteiger partial charge in [-0.15, -0.1) is 0 Å². The third-order valence-corrected chi connectivity index (χ3v) is 3.99. The number of aromatic amines is 1. The van der Waals surface area contributed by atoms with Gasteiger partial charge in [0.15, 0.2) is 0 Å². The number of rotatable bonds is 4. The number of anilines is 1. The lowest BCUT2D eigenvalue weighted by Gasteiger charge is -2.18. The van der Waals surface area contributed by atoms with Crippen molar-refractivity contribution < 1.29 is 4.39 Å². The molecule has 0 saturated heterocycles. The van der Waals surface area contributed by atoms with Gasteiger partial charge in [-0.2, -0.15) is 9.50 Å². The molecule has 6 nitrogen and oxygen atoms in total. The van der Waals surface area contributed by atoms with Crippen molar-refractivity contribution in [3.63, 3.8) is 0 Å². The lowest BCUT2D eigenvalue weighted by atomic mass is 10.1. The number of hydrogen-bond donors (Lipinski definition) is 1. The molecule has 0 spiro atoms. The highest BCUT2D eigenvalue weighted by Gasteiger charge is 2.17. The summed E-state index contributed by atoms with van der Waals surface area (Å²) < 4.78 is 14.6. The van der Waals surface area contributed by atoms with Gasteiger partial charge in [0.1, 0.15) is 18.0 Å². The third kappa shape index (κ3) is 2.79.